The minimum Gasteiger partial charge on any atom is -0.381 e. The van der Waals surface area contributed by atoms with Crippen molar-refractivity contribution in [1.82, 2.24) is 9.80 Å². The Morgan fingerprint density at radius 1 is 1.08 bits per heavy atom. The van der Waals surface area contributed by atoms with E-state index in [2.05, 4.69) is 4.90 Å². The number of rotatable bonds is 5. The lowest BCUT2D eigenvalue weighted by atomic mass is 9.98. The van der Waals surface area contributed by atoms with Crippen molar-refractivity contribution in [3.8, 4) is 0 Å². The highest BCUT2D eigenvalue weighted by Gasteiger charge is 2.29. The van der Waals surface area contributed by atoms with Gasteiger partial charge in [-0.05, 0) is 49.8 Å². The van der Waals surface area contributed by atoms with Gasteiger partial charge in [-0.15, -0.1) is 0 Å². The third kappa shape index (κ3) is 5.13. The number of carbonyl (C=O) groups is 1. The first-order chi connectivity index (χ1) is 12.6. The van der Waals surface area contributed by atoms with Crippen molar-refractivity contribution in [2.75, 3.05) is 33.3 Å². The first kappa shape index (κ1) is 19.9. The van der Waals surface area contributed by atoms with Crippen LogP contribution >= 0.6 is 23.2 Å². The number of hydrogen-bond acceptors (Lipinski definition) is 3. The number of likely N-dealkylation sites (tertiary alicyclic amines) is 2. The average molecular weight is 399 g/mol. The van der Waals surface area contributed by atoms with Crippen LogP contribution < -0.4 is 0 Å². The molecule has 26 heavy (non-hydrogen) atoms. The number of aryl methyl sites for hydroxylation is 1. The zero-order chi connectivity index (χ0) is 18.5. The fourth-order valence-electron chi connectivity index (χ4n) is 4.06. The van der Waals surface area contributed by atoms with E-state index in [1.165, 1.54) is 0 Å². The second-order valence-electron chi connectivity index (χ2n) is 7.33. The Morgan fingerprint density at radius 2 is 1.77 bits per heavy atom. The fraction of sp³-hybridized carbons (Fsp3) is 0.650. The molecule has 1 aromatic rings. The summed E-state index contributed by atoms with van der Waals surface area (Å²) in [5.41, 5.74) is 1.06. The topological polar surface area (TPSA) is 32.8 Å². The van der Waals surface area contributed by atoms with Gasteiger partial charge in [0, 0.05) is 45.8 Å². The molecule has 0 atom stereocenters. The van der Waals surface area contributed by atoms with Gasteiger partial charge in [0.25, 0.3) is 0 Å². The molecule has 3 rings (SSSR count). The molecule has 2 fully saturated rings. The van der Waals surface area contributed by atoms with Crippen LogP contribution in [0.3, 0.4) is 0 Å². The zero-order valence-electron chi connectivity index (χ0n) is 15.4. The molecule has 2 aliphatic heterocycles. The molecule has 2 aliphatic rings. The second kappa shape index (κ2) is 9.41. The Balaban J connectivity index is 1.41. The van der Waals surface area contributed by atoms with E-state index < -0.39 is 0 Å². The standard InChI is InChI=1S/C20H28Cl2N2O2/c1-26-17-8-12-23(13-9-17)16-6-10-24(11-7-16)20(25)5-3-15-2-4-18(21)19(22)14-15/h2,4,14,16-17H,3,5-13H2,1H3. The molecule has 1 aromatic carbocycles. The summed E-state index contributed by atoms with van der Waals surface area (Å²) in [7, 11) is 1.81. The summed E-state index contributed by atoms with van der Waals surface area (Å²) in [4.78, 5) is 17.1. The molecule has 4 nitrogen and oxygen atoms in total. The lowest BCUT2D eigenvalue weighted by Gasteiger charge is -2.41. The number of ether oxygens (including phenoxy) is 1. The molecule has 1 amide bonds. The van der Waals surface area contributed by atoms with Gasteiger partial charge in [0.1, 0.15) is 0 Å². The number of carbonyl (C=O) groups excluding carboxylic acids is 1. The number of methoxy groups -OCH3 is 1. The molecule has 0 N–H and O–H groups in total. The van der Waals surface area contributed by atoms with Crippen molar-refractivity contribution < 1.29 is 9.53 Å². The van der Waals surface area contributed by atoms with E-state index in [4.69, 9.17) is 27.9 Å². The lowest BCUT2D eigenvalue weighted by molar-refractivity contribution is -0.132. The van der Waals surface area contributed by atoms with Crippen LogP contribution in [0.4, 0.5) is 0 Å². The highest BCUT2D eigenvalue weighted by Crippen LogP contribution is 2.24. The highest BCUT2D eigenvalue weighted by molar-refractivity contribution is 6.42. The minimum absolute atomic E-state index is 0.243. The van der Waals surface area contributed by atoms with Gasteiger partial charge >= 0.3 is 0 Å². The number of hydrogen-bond donors (Lipinski definition) is 0. The first-order valence-corrected chi connectivity index (χ1v) is 10.3. The number of nitrogens with zero attached hydrogens (tertiary/aromatic N) is 2. The van der Waals surface area contributed by atoms with Gasteiger partial charge in [-0.2, -0.15) is 0 Å². The van der Waals surface area contributed by atoms with E-state index in [1.807, 2.05) is 24.1 Å². The summed E-state index contributed by atoms with van der Waals surface area (Å²) in [6.07, 6.45) is 6.07. The molecule has 0 spiro atoms. The molecule has 0 unspecified atom stereocenters. The maximum atomic E-state index is 12.5. The van der Waals surface area contributed by atoms with Crippen molar-refractivity contribution >= 4 is 29.1 Å². The molecular weight excluding hydrogens is 371 g/mol. The summed E-state index contributed by atoms with van der Waals surface area (Å²) in [5, 5.41) is 1.10. The Labute approximate surface area is 166 Å². The summed E-state index contributed by atoms with van der Waals surface area (Å²) in [6, 6.07) is 6.21. The fourth-order valence-corrected chi connectivity index (χ4v) is 4.38. The van der Waals surface area contributed by atoms with Crippen LogP contribution in [0.15, 0.2) is 18.2 Å². The van der Waals surface area contributed by atoms with Crippen molar-refractivity contribution in [3.63, 3.8) is 0 Å². The van der Waals surface area contributed by atoms with Crippen LogP contribution in [0, 0.1) is 0 Å². The second-order valence-corrected chi connectivity index (χ2v) is 8.15. The van der Waals surface area contributed by atoms with Crippen LogP contribution in [0.2, 0.25) is 10.0 Å². The molecule has 0 saturated carbocycles. The van der Waals surface area contributed by atoms with Gasteiger partial charge in [0.15, 0.2) is 0 Å². The Morgan fingerprint density at radius 3 is 2.38 bits per heavy atom. The van der Waals surface area contributed by atoms with E-state index >= 15 is 0 Å². The predicted octanol–water partition coefficient (Wildman–Crippen LogP) is 4.03. The SMILES string of the molecule is COC1CCN(C2CCN(C(=O)CCc3ccc(Cl)c(Cl)c3)CC2)CC1. The Kier molecular flexibility index (Phi) is 7.21. The van der Waals surface area contributed by atoms with Crippen LogP contribution in [0.1, 0.15) is 37.7 Å². The van der Waals surface area contributed by atoms with Crippen LogP contribution in [0.5, 0.6) is 0 Å². The summed E-state index contributed by atoms with van der Waals surface area (Å²) < 4.78 is 5.46. The molecule has 2 heterocycles. The molecule has 0 aliphatic carbocycles. The zero-order valence-corrected chi connectivity index (χ0v) is 16.9. The summed E-state index contributed by atoms with van der Waals surface area (Å²) in [5.74, 6) is 0.243. The number of piperidine rings is 2. The number of benzene rings is 1. The first-order valence-electron chi connectivity index (χ1n) is 9.55. The number of halogens is 2. The summed E-state index contributed by atoms with van der Waals surface area (Å²) in [6.45, 7) is 3.98. The quantitative estimate of drug-likeness (QED) is 0.750. The molecule has 144 valence electrons. The highest BCUT2D eigenvalue weighted by atomic mass is 35.5. The minimum atomic E-state index is 0.243. The normalized spacial score (nSPS) is 20.5. The molecule has 6 heteroatoms. The van der Waals surface area contributed by atoms with Gasteiger partial charge in [-0.1, -0.05) is 29.3 Å². The molecule has 0 bridgehead atoms. The lowest BCUT2D eigenvalue weighted by Crippen LogP contribution is -2.49. The predicted molar refractivity (Wildman–Crippen MR) is 106 cm³/mol. The third-order valence-corrected chi connectivity index (χ3v) is 6.49. The van der Waals surface area contributed by atoms with Crippen LogP contribution in [-0.4, -0.2) is 61.1 Å². The largest absolute Gasteiger partial charge is 0.381 e. The van der Waals surface area contributed by atoms with Gasteiger partial charge in [0.2, 0.25) is 5.91 Å². The maximum Gasteiger partial charge on any atom is 0.222 e. The third-order valence-electron chi connectivity index (χ3n) is 5.76. The van der Waals surface area contributed by atoms with E-state index in [1.54, 1.807) is 6.07 Å². The monoisotopic (exact) mass is 398 g/mol. The van der Waals surface area contributed by atoms with E-state index in [9.17, 15) is 4.79 Å². The Hall–Kier alpha value is -0.810. The molecule has 2 saturated heterocycles. The van der Waals surface area contributed by atoms with Gasteiger partial charge in [0.05, 0.1) is 16.1 Å². The molecule has 0 radical (unpaired) electrons. The van der Waals surface area contributed by atoms with Crippen molar-refractivity contribution in [2.24, 2.45) is 0 Å². The Bertz CT molecular complexity index is 610. The average Bonchev–Trinajstić information content (AvgIpc) is 2.69. The van der Waals surface area contributed by atoms with Gasteiger partial charge in [-0.25, -0.2) is 0 Å². The molecule has 0 aromatic heterocycles. The van der Waals surface area contributed by atoms with Crippen molar-refractivity contribution in [2.45, 2.75) is 50.7 Å². The van der Waals surface area contributed by atoms with Crippen molar-refractivity contribution in [1.29, 1.82) is 0 Å². The van der Waals surface area contributed by atoms with Crippen LogP contribution in [-0.2, 0) is 16.0 Å². The van der Waals surface area contributed by atoms with Gasteiger partial charge < -0.3 is 14.5 Å². The van der Waals surface area contributed by atoms with Crippen molar-refractivity contribution in [3.05, 3.63) is 33.8 Å². The van der Waals surface area contributed by atoms with Crippen LogP contribution in [0.25, 0.3) is 0 Å². The summed E-state index contributed by atoms with van der Waals surface area (Å²) >= 11 is 12.0. The maximum absolute atomic E-state index is 12.5. The van der Waals surface area contributed by atoms with E-state index in [-0.39, 0.29) is 5.91 Å². The number of amides is 1. The van der Waals surface area contributed by atoms with E-state index in [0.29, 0.717) is 35.0 Å². The van der Waals surface area contributed by atoms with E-state index in [0.717, 1.165) is 57.4 Å². The van der Waals surface area contributed by atoms with Gasteiger partial charge in [-0.3, -0.25) is 4.79 Å². The smallest absolute Gasteiger partial charge is 0.222 e. The molecular formula is C20H28Cl2N2O2.